The first-order valence-electron chi connectivity index (χ1n) is 3.84. The normalized spacial score (nSPS) is 9.57. The van der Waals surface area contributed by atoms with Crippen LogP contribution in [0.5, 0.6) is 0 Å². The molecule has 0 saturated carbocycles. The van der Waals surface area contributed by atoms with Gasteiger partial charge < -0.3 is 16.0 Å². The summed E-state index contributed by atoms with van der Waals surface area (Å²) in [6, 6.07) is -0.353. The molecule has 0 unspecified atom stereocenters. The van der Waals surface area contributed by atoms with Crippen molar-refractivity contribution in [2.75, 3.05) is 19.4 Å². The predicted molar refractivity (Wildman–Crippen MR) is 49.8 cm³/mol. The summed E-state index contributed by atoms with van der Waals surface area (Å²) in [4.78, 5) is 23.3. The summed E-state index contributed by atoms with van der Waals surface area (Å²) in [5, 5.41) is 8.50. The molecule has 76 valence electrons. The highest BCUT2D eigenvalue weighted by Gasteiger charge is 2.14. The van der Waals surface area contributed by atoms with E-state index in [4.69, 9.17) is 5.73 Å². The van der Waals surface area contributed by atoms with E-state index in [1.165, 1.54) is 11.1 Å². The summed E-state index contributed by atoms with van der Waals surface area (Å²) in [7, 11) is 3.17. The second-order valence-corrected chi connectivity index (χ2v) is 2.84. The van der Waals surface area contributed by atoms with Gasteiger partial charge in [-0.15, -0.1) is 0 Å². The molecule has 1 aromatic heterocycles. The van der Waals surface area contributed by atoms with Crippen molar-refractivity contribution in [1.29, 1.82) is 0 Å². The minimum absolute atomic E-state index is 0.0141. The summed E-state index contributed by atoms with van der Waals surface area (Å²) >= 11 is 0. The second kappa shape index (κ2) is 3.77. The number of anilines is 1. The average molecular weight is 197 g/mol. The summed E-state index contributed by atoms with van der Waals surface area (Å²) in [5.74, 6) is -0.694. The Labute approximate surface area is 80.3 Å². The Morgan fingerprint density at radius 1 is 1.57 bits per heavy atom. The van der Waals surface area contributed by atoms with Crippen LogP contribution in [0.1, 0.15) is 10.5 Å². The monoisotopic (exact) mass is 197 g/mol. The van der Waals surface area contributed by atoms with Crippen LogP contribution < -0.4 is 11.1 Å². The number of aromatic nitrogens is 2. The van der Waals surface area contributed by atoms with Crippen molar-refractivity contribution < 1.29 is 9.59 Å². The van der Waals surface area contributed by atoms with Gasteiger partial charge in [-0.05, 0) is 0 Å². The van der Waals surface area contributed by atoms with E-state index < -0.39 is 5.91 Å². The van der Waals surface area contributed by atoms with Gasteiger partial charge in [0.25, 0.3) is 5.91 Å². The molecule has 0 bridgehead atoms. The number of urea groups is 1. The van der Waals surface area contributed by atoms with Crippen LogP contribution in [0.4, 0.5) is 10.5 Å². The zero-order valence-electron chi connectivity index (χ0n) is 7.87. The quantitative estimate of drug-likeness (QED) is 0.600. The fourth-order valence-corrected chi connectivity index (χ4v) is 0.800. The molecule has 1 heterocycles. The molecule has 0 saturated heterocycles. The maximum absolute atomic E-state index is 11.2. The van der Waals surface area contributed by atoms with Crippen LogP contribution in [0.25, 0.3) is 0 Å². The molecule has 4 N–H and O–H groups in total. The van der Waals surface area contributed by atoms with E-state index in [1.807, 2.05) is 0 Å². The van der Waals surface area contributed by atoms with Gasteiger partial charge in [-0.25, -0.2) is 4.79 Å². The fraction of sp³-hybridized carbons (Fsp3) is 0.286. The molecule has 0 atom stereocenters. The molecule has 0 spiro atoms. The molecule has 0 aliphatic heterocycles. The van der Waals surface area contributed by atoms with Gasteiger partial charge in [0.15, 0.2) is 5.69 Å². The van der Waals surface area contributed by atoms with Gasteiger partial charge >= 0.3 is 6.03 Å². The van der Waals surface area contributed by atoms with Crippen LogP contribution in [0.15, 0.2) is 6.20 Å². The number of amides is 3. The van der Waals surface area contributed by atoms with Gasteiger partial charge in [0.2, 0.25) is 0 Å². The highest BCUT2D eigenvalue weighted by atomic mass is 16.2. The summed E-state index contributed by atoms with van der Waals surface area (Å²) < 4.78 is 0. The number of rotatable bonds is 2. The molecule has 7 nitrogen and oxygen atoms in total. The first kappa shape index (κ1) is 10.0. The van der Waals surface area contributed by atoms with Gasteiger partial charge in [0.05, 0.1) is 5.69 Å². The van der Waals surface area contributed by atoms with E-state index >= 15 is 0 Å². The number of nitrogens with one attached hydrogen (secondary N) is 2. The number of carbonyl (C=O) groups excluding carboxylic acids is 2. The highest BCUT2D eigenvalue weighted by Crippen LogP contribution is 2.10. The lowest BCUT2D eigenvalue weighted by molar-refractivity contribution is 0.0996. The molecular weight excluding hydrogens is 186 g/mol. The summed E-state index contributed by atoms with van der Waals surface area (Å²) in [6.07, 6.45) is 1.39. The fourth-order valence-electron chi connectivity index (χ4n) is 0.800. The van der Waals surface area contributed by atoms with Gasteiger partial charge in [-0.1, -0.05) is 0 Å². The molecule has 7 heteroatoms. The molecule has 1 rings (SSSR count). The van der Waals surface area contributed by atoms with Crippen molar-refractivity contribution in [3.8, 4) is 0 Å². The molecule has 14 heavy (non-hydrogen) atoms. The van der Waals surface area contributed by atoms with Crippen LogP contribution >= 0.6 is 0 Å². The topological polar surface area (TPSA) is 104 Å². The lowest BCUT2D eigenvalue weighted by Crippen LogP contribution is -2.28. The molecule has 0 fully saturated rings. The van der Waals surface area contributed by atoms with Crippen molar-refractivity contribution in [2.24, 2.45) is 5.73 Å². The SMILES string of the molecule is CN(C)C(=O)Nc1c[nH]nc1C(N)=O. The molecule has 3 amide bonds. The van der Waals surface area contributed by atoms with Crippen LogP contribution in [-0.4, -0.2) is 41.1 Å². The molecule has 0 aliphatic carbocycles. The van der Waals surface area contributed by atoms with Crippen molar-refractivity contribution >= 4 is 17.6 Å². The van der Waals surface area contributed by atoms with E-state index in [2.05, 4.69) is 15.5 Å². The van der Waals surface area contributed by atoms with Gasteiger partial charge in [0.1, 0.15) is 0 Å². The van der Waals surface area contributed by atoms with E-state index in [0.717, 1.165) is 0 Å². The zero-order chi connectivity index (χ0) is 10.7. The molecule has 1 aromatic rings. The molecule has 0 radical (unpaired) electrons. The van der Waals surface area contributed by atoms with Crippen molar-refractivity contribution in [2.45, 2.75) is 0 Å². The lowest BCUT2D eigenvalue weighted by atomic mass is 10.3. The number of hydrogen-bond donors (Lipinski definition) is 3. The standard InChI is InChI=1S/C7H11N5O2/c1-12(2)7(14)10-4-3-9-11-5(4)6(8)13/h3H,1-2H3,(H2,8,13)(H,9,11)(H,10,14). The van der Waals surface area contributed by atoms with Crippen LogP contribution in [0.2, 0.25) is 0 Å². The average Bonchev–Trinajstić information content (AvgIpc) is 2.52. The first-order chi connectivity index (χ1) is 6.52. The summed E-state index contributed by atoms with van der Waals surface area (Å²) in [5.41, 5.74) is 5.31. The Morgan fingerprint density at radius 3 is 2.71 bits per heavy atom. The Morgan fingerprint density at radius 2 is 2.21 bits per heavy atom. The largest absolute Gasteiger partial charge is 0.364 e. The smallest absolute Gasteiger partial charge is 0.321 e. The minimum atomic E-state index is -0.694. The number of primary amides is 1. The maximum atomic E-state index is 11.2. The van der Waals surface area contributed by atoms with Crippen molar-refractivity contribution in [3.05, 3.63) is 11.9 Å². The third-order valence-electron chi connectivity index (χ3n) is 1.52. The van der Waals surface area contributed by atoms with E-state index in [-0.39, 0.29) is 17.4 Å². The molecule has 0 aliphatic rings. The lowest BCUT2D eigenvalue weighted by Gasteiger charge is -2.10. The van der Waals surface area contributed by atoms with Crippen molar-refractivity contribution in [3.63, 3.8) is 0 Å². The summed E-state index contributed by atoms with van der Waals surface area (Å²) in [6.45, 7) is 0. The Bertz CT molecular complexity index is 357. The molecule has 0 aromatic carbocycles. The zero-order valence-corrected chi connectivity index (χ0v) is 7.87. The van der Waals surface area contributed by atoms with Crippen molar-refractivity contribution in [1.82, 2.24) is 15.1 Å². The number of aromatic amines is 1. The van der Waals surface area contributed by atoms with Gasteiger partial charge in [-0.3, -0.25) is 9.89 Å². The predicted octanol–water partition coefficient (Wildman–Crippen LogP) is -0.398. The number of nitrogens with two attached hydrogens (primary N) is 1. The Hall–Kier alpha value is -2.05. The maximum Gasteiger partial charge on any atom is 0.321 e. The Kier molecular flexibility index (Phi) is 2.70. The van der Waals surface area contributed by atoms with Crippen LogP contribution in [-0.2, 0) is 0 Å². The van der Waals surface area contributed by atoms with Gasteiger partial charge in [0, 0.05) is 20.3 Å². The third kappa shape index (κ3) is 2.00. The molecular formula is C7H11N5O2. The number of hydrogen-bond acceptors (Lipinski definition) is 3. The second-order valence-electron chi connectivity index (χ2n) is 2.84. The van der Waals surface area contributed by atoms with E-state index in [1.54, 1.807) is 14.1 Å². The first-order valence-corrected chi connectivity index (χ1v) is 3.84. The van der Waals surface area contributed by atoms with E-state index in [0.29, 0.717) is 0 Å². The van der Waals surface area contributed by atoms with Gasteiger partial charge in [-0.2, -0.15) is 5.10 Å². The highest BCUT2D eigenvalue weighted by molar-refractivity contribution is 6.00. The van der Waals surface area contributed by atoms with Crippen LogP contribution in [0.3, 0.4) is 0 Å². The van der Waals surface area contributed by atoms with E-state index in [9.17, 15) is 9.59 Å². The third-order valence-corrected chi connectivity index (χ3v) is 1.52. The number of carbonyl (C=O) groups is 2. The minimum Gasteiger partial charge on any atom is -0.364 e. The Balaban J connectivity index is 2.82. The van der Waals surface area contributed by atoms with Crippen LogP contribution in [0, 0.1) is 0 Å². The number of nitrogens with zero attached hydrogens (tertiary/aromatic N) is 2. The number of H-pyrrole nitrogens is 1.